The molecule has 2 heterocycles. The average molecular weight is 581 g/mol. The molecule has 0 spiro atoms. The third kappa shape index (κ3) is 5.83. The minimum absolute atomic E-state index is 0.0377. The van der Waals surface area contributed by atoms with Crippen molar-refractivity contribution in [2.75, 3.05) is 31.1 Å². The molecule has 0 saturated carbocycles. The van der Waals surface area contributed by atoms with E-state index in [0.29, 0.717) is 60.0 Å². The van der Waals surface area contributed by atoms with Gasteiger partial charge in [0, 0.05) is 37.1 Å². The number of nitrogens with zero attached hydrogens (tertiary/aromatic N) is 4. The lowest BCUT2D eigenvalue weighted by molar-refractivity contribution is -0.113. The number of fused-ring (bicyclic) bond motifs is 2. The van der Waals surface area contributed by atoms with Crippen LogP contribution in [-0.2, 0) is 9.53 Å². The Balaban J connectivity index is 1.61. The van der Waals surface area contributed by atoms with Crippen molar-refractivity contribution in [2.45, 2.75) is 39.4 Å². The topological polar surface area (TPSA) is 105 Å². The molecular formula is C30H30ClFN4O5. The first-order valence-electron chi connectivity index (χ1n) is 13.2. The maximum Gasteiger partial charge on any atom is 0.410 e. The van der Waals surface area contributed by atoms with Gasteiger partial charge in [-0.2, -0.15) is 9.97 Å². The van der Waals surface area contributed by atoms with Crippen molar-refractivity contribution in [1.29, 1.82) is 0 Å². The van der Waals surface area contributed by atoms with Crippen LogP contribution in [0.25, 0.3) is 32.8 Å². The second-order valence-electron chi connectivity index (χ2n) is 10.9. The minimum atomic E-state index is -0.867. The molecule has 5 rings (SSSR count). The number of phenols is 1. The Hall–Kier alpha value is -4.18. The monoisotopic (exact) mass is 580 g/mol. The summed E-state index contributed by atoms with van der Waals surface area (Å²) in [6.45, 7) is 8.42. The molecule has 4 aromatic rings. The van der Waals surface area contributed by atoms with Crippen molar-refractivity contribution in [2.24, 2.45) is 0 Å². The number of benzene rings is 3. The van der Waals surface area contributed by atoms with Gasteiger partial charge in [-0.05, 0) is 62.2 Å². The number of aromatic hydroxyl groups is 1. The Morgan fingerprint density at radius 3 is 2.49 bits per heavy atom. The number of piperazine rings is 1. The van der Waals surface area contributed by atoms with E-state index in [2.05, 4.69) is 9.97 Å². The van der Waals surface area contributed by atoms with E-state index in [-0.39, 0.29) is 27.9 Å². The molecule has 1 aliphatic heterocycles. The van der Waals surface area contributed by atoms with Gasteiger partial charge in [0.05, 0.1) is 5.02 Å². The van der Waals surface area contributed by atoms with Gasteiger partial charge in [0.15, 0.2) is 18.2 Å². The second kappa shape index (κ2) is 11.0. The molecule has 214 valence electrons. The number of ether oxygens (including phenoxy) is 2. The number of carbonyl (C=O) groups excluding carboxylic acids is 2. The molecule has 9 nitrogen and oxygen atoms in total. The summed E-state index contributed by atoms with van der Waals surface area (Å²) in [6.07, 6.45) is -0.685. The highest BCUT2D eigenvalue weighted by atomic mass is 35.5. The number of rotatable bonds is 5. The first kappa shape index (κ1) is 28.4. The van der Waals surface area contributed by atoms with Gasteiger partial charge in [-0.3, -0.25) is 4.79 Å². The van der Waals surface area contributed by atoms with Crippen LogP contribution in [0.2, 0.25) is 5.02 Å². The molecule has 0 radical (unpaired) electrons. The Labute approximate surface area is 241 Å². The zero-order valence-electron chi connectivity index (χ0n) is 23.1. The molecule has 1 amide bonds. The van der Waals surface area contributed by atoms with Crippen LogP contribution < -0.4 is 9.64 Å². The average Bonchev–Trinajstić information content (AvgIpc) is 2.92. The first-order valence-corrected chi connectivity index (χ1v) is 13.6. The van der Waals surface area contributed by atoms with Crippen LogP contribution in [0.1, 0.15) is 27.7 Å². The van der Waals surface area contributed by atoms with Crippen LogP contribution in [0.3, 0.4) is 0 Å². The van der Waals surface area contributed by atoms with Gasteiger partial charge in [-0.1, -0.05) is 35.9 Å². The summed E-state index contributed by atoms with van der Waals surface area (Å²) < 4.78 is 27.6. The van der Waals surface area contributed by atoms with E-state index in [0.717, 1.165) is 0 Å². The lowest BCUT2D eigenvalue weighted by Crippen LogP contribution is -2.50. The fraction of sp³-hybridized carbons (Fsp3) is 0.333. The zero-order valence-corrected chi connectivity index (χ0v) is 23.9. The molecule has 41 heavy (non-hydrogen) atoms. The number of aldehydes is 1. The van der Waals surface area contributed by atoms with Gasteiger partial charge < -0.3 is 24.4 Å². The van der Waals surface area contributed by atoms with E-state index in [1.54, 1.807) is 17.0 Å². The molecule has 11 heteroatoms. The molecule has 3 aromatic carbocycles. The number of hydrogen-bond donors (Lipinski definition) is 1. The molecule has 1 atom stereocenters. The standard InChI is InChI=1S/C30H30ClFN4O5/c1-17(16-37)40-28-33-26-22(27(34-28)35-9-11-36(12-10-35)29(39)41-30(2,3)4)15-23(31)24(25(26)32)21-14-19(38)13-18-7-5-6-8-20(18)21/h5-8,13-17,38H,9-12H2,1-4H3. The van der Waals surface area contributed by atoms with Gasteiger partial charge in [-0.25, -0.2) is 9.18 Å². The summed E-state index contributed by atoms with van der Waals surface area (Å²) in [5, 5.41) is 12.3. The van der Waals surface area contributed by atoms with Crippen molar-refractivity contribution >= 4 is 51.5 Å². The maximum absolute atomic E-state index is 16.5. The van der Waals surface area contributed by atoms with Crippen LogP contribution >= 0.6 is 11.6 Å². The number of aromatic nitrogens is 2. The number of amides is 1. The second-order valence-corrected chi connectivity index (χ2v) is 11.3. The van der Waals surface area contributed by atoms with Crippen LogP contribution in [0.4, 0.5) is 15.0 Å². The summed E-state index contributed by atoms with van der Waals surface area (Å²) >= 11 is 6.74. The van der Waals surface area contributed by atoms with Crippen molar-refractivity contribution in [3.8, 4) is 22.9 Å². The maximum atomic E-state index is 16.5. The summed E-state index contributed by atoms with van der Waals surface area (Å²) in [4.78, 5) is 36.2. The number of phenolic OH excluding ortho intramolecular Hbond substituents is 1. The van der Waals surface area contributed by atoms with E-state index in [4.69, 9.17) is 21.1 Å². The third-order valence-corrected chi connectivity index (χ3v) is 6.97. The van der Waals surface area contributed by atoms with Gasteiger partial charge in [0.2, 0.25) is 0 Å². The fourth-order valence-electron chi connectivity index (χ4n) is 4.82. The number of halogens is 2. The Morgan fingerprint density at radius 1 is 1.10 bits per heavy atom. The van der Waals surface area contributed by atoms with Crippen LogP contribution in [-0.4, -0.2) is 70.2 Å². The molecule has 1 fully saturated rings. The zero-order chi connectivity index (χ0) is 29.5. The Bertz CT molecular complexity index is 1650. The SMILES string of the molecule is CC(C=O)Oc1nc(N2CCN(C(=O)OC(C)(C)C)CC2)c2cc(Cl)c(-c3cc(O)cc4ccccc34)c(F)c2n1. The van der Waals surface area contributed by atoms with Gasteiger partial charge >= 0.3 is 12.1 Å². The molecule has 1 aromatic heterocycles. The fourth-order valence-corrected chi connectivity index (χ4v) is 5.12. The van der Waals surface area contributed by atoms with E-state index >= 15 is 4.39 Å². The smallest absolute Gasteiger partial charge is 0.410 e. The minimum Gasteiger partial charge on any atom is -0.508 e. The van der Waals surface area contributed by atoms with Crippen LogP contribution in [0, 0.1) is 5.82 Å². The largest absolute Gasteiger partial charge is 0.508 e. The third-order valence-electron chi connectivity index (χ3n) is 6.67. The van der Waals surface area contributed by atoms with E-state index in [9.17, 15) is 14.7 Å². The van der Waals surface area contributed by atoms with Crippen LogP contribution in [0.15, 0.2) is 42.5 Å². The molecule has 0 aliphatic carbocycles. The summed E-state index contributed by atoms with van der Waals surface area (Å²) in [5.74, 6) is -0.396. The predicted molar refractivity (Wildman–Crippen MR) is 155 cm³/mol. The molecule has 1 N–H and O–H groups in total. The lowest BCUT2D eigenvalue weighted by atomic mass is 9.96. The molecule has 1 unspecified atom stereocenters. The van der Waals surface area contributed by atoms with E-state index < -0.39 is 23.6 Å². The highest BCUT2D eigenvalue weighted by Crippen LogP contribution is 2.42. The van der Waals surface area contributed by atoms with Crippen molar-refractivity contribution in [1.82, 2.24) is 14.9 Å². The summed E-state index contributed by atoms with van der Waals surface area (Å²) in [6, 6.07) is 11.8. The normalized spacial score (nSPS) is 14.8. The van der Waals surface area contributed by atoms with Gasteiger partial charge in [0.1, 0.15) is 22.7 Å². The summed E-state index contributed by atoms with van der Waals surface area (Å²) in [5.41, 5.74) is -0.199. The quantitative estimate of drug-likeness (QED) is 0.288. The highest BCUT2D eigenvalue weighted by Gasteiger charge is 2.29. The van der Waals surface area contributed by atoms with Crippen LogP contribution in [0.5, 0.6) is 11.8 Å². The Kier molecular flexibility index (Phi) is 7.61. The van der Waals surface area contributed by atoms with E-state index in [1.165, 1.54) is 13.0 Å². The van der Waals surface area contributed by atoms with Crippen molar-refractivity contribution in [3.05, 3.63) is 53.3 Å². The summed E-state index contributed by atoms with van der Waals surface area (Å²) in [7, 11) is 0. The van der Waals surface area contributed by atoms with Crippen molar-refractivity contribution in [3.63, 3.8) is 0 Å². The molecule has 1 aliphatic rings. The molecule has 0 bridgehead atoms. The first-order chi connectivity index (χ1) is 19.4. The van der Waals surface area contributed by atoms with E-state index in [1.807, 2.05) is 49.9 Å². The molecule has 1 saturated heterocycles. The van der Waals surface area contributed by atoms with Gasteiger partial charge in [-0.15, -0.1) is 0 Å². The molecular weight excluding hydrogens is 551 g/mol. The predicted octanol–water partition coefficient (Wildman–Crippen LogP) is 5.97. The number of carbonyl (C=O) groups is 2. The lowest BCUT2D eigenvalue weighted by Gasteiger charge is -2.36. The number of anilines is 1. The highest BCUT2D eigenvalue weighted by molar-refractivity contribution is 6.35. The number of hydrogen-bond acceptors (Lipinski definition) is 8. The van der Waals surface area contributed by atoms with Gasteiger partial charge in [0.25, 0.3) is 0 Å². The Morgan fingerprint density at radius 2 is 1.80 bits per heavy atom. The van der Waals surface area contributed by atoms with Crippen molar-refractivity contribution < 1.29 is 28.6 Å².